The largest absolute Gasteiger partial charge is 0.546 e. The molecule has 0 bridgehead atoms. The number of aromatic hydroxyl groups is 2. The predicted octanol–water partition coefficient (Wildman–Crippen LogP) is -1.65. The number of hydrogen-bond donors (Lipinski definition) is 2. The Bertz CT molecular complexity index is 1860. The Morgan fingerprint density at radius 1 is 0.500 bits per heavy atom. The highest BCUT2D eigenvalue weighted by Gasteiger charge is 2.22. The van der Waals surface area contributed by atoms with Crippen LogP contribution in [0.5, 0.6) is 34.5 Å². The van der Waals surface area contributed by atoms with Crippen molar-refractivity contribution in [2.45, 2.75) is 52.1 Å². The lowest BCUT2D eigenvalue weighted by Gasteiger charge is -2.21. The molecule has 17 heteroatoms. The number of aromatic nitrogens is 3. The zero-order chi connectivity index (χ0) is 36.9. The summed E-state index contributed by atoms with van der Waals surface area (Å²) in [6.07, 6.45) is -5.66. The van der Waals surface area contributed by atoms with Crippen molar-refractivity contribution in [1.29, 1.82) is 0 Å². The average molecular weight is 690 g/mol. The molecular weight excluding hydrogens is 662 g/mol. The minimum absolute atomic E-state index is 0.0147. The van der Waals surface area contributed by atoms with Gasteiger partial charge in [-0.25, -0.2) is 15.0 Å². The van der Waals surface area contributed by atoms with E-state index in [1.165, 1.54) is 70.2 Å². The Morgan fingerprint density at radius 3 is 1.14 bits per heavy atom. The van der Waals surface area contributed by atoms with Gasteiger partial charge in [0.05, 0.1) is 40.6 Å². The minimum atomic E-state index is -1.59. The molecule has 3 aromatic carbocycles. The van der Waals surface area contributed by atoms with Crippen molar-refractivity contribution in [2.75, 3.05) is 0 Å². The number of phenolic OH excluding ortho intramolecular Hbond substituents is 2. The molecule has 1 heterocycles. The lowest BCUT2D eigenvalue weighted by Crippen LogP contribution is -2.37. The third-order valence-electron chi connectivity index (χ3n) is 6.82. The number of aliphatic carboxylic acids is 4. The molecule has 0 saturated carbocycles. The van der Waals surface area contributed by atoms with Crippen LogP contribution in [0.15, 0.2) is 54.6 Å². The molecule has 4 atom stereocenters. The first kappa shape index (κ1) is 36.2. The van der Waals surface area contributed by atoms with Crippen molar-refractivity contribution in [3.05, 3.63) is 54.6 Å². The van der Waals surface area contributed by atoms with E-state index in [4.69, 9.17) is 18.9 Å². The maximum Gasteiger partial charge on any atom is 0.167 e. The molecule has 0 spiro atoms. The van der Waals surface area contributed by atoms with Crippen LogP contribution in [0.4, 0.5) is 0 Å². The van der Waals surface area contributed by atoms with Crippen LogP contribution in [0.25, 0.3) is 34.2 Å². The Morgan fingerprint density at radius 2 is 0.800 bits per heavy atom. The smallest absolute Gasteiger partial charge is 0.167 e. The van der Waals surface area contributed by atoms with Gasteiger partial charge in [0.25, 0.3) is 0 Å². The number of phenols is 2. The number of hydrogen-bond acceptors (Lipinski definition) is 17. The van der Waals surface area contributed by atoms with E-state index in [2.05, 4.69) is 15.0 Å². The highest BCUT2D eigenvalue weighted by Crippen LogP contribution is 2.38. The fraction of sp³-hybridized carbons (Fsp3) is 0.242. The van der Waals surface area contributed by atoms with E-state index in [1.807, 2.05) is 0 Å². The summed E-state index contributed by atoms with van der Waals surface area (Å²) in [7, 11) is 0. The van der Waals surface area contributed by atoms with Crippen molar-refractivity contribution in [1.82, 2.24) is 15.0 Å². The second-order valence-electron chi connectivity index (χ2n) is 10.6. The summed E-state index contributed by atoms with van der Waals surface area (Å²) < 4.78 is 21.4. The number of carboxylic acid groups (broad SMARTS) is 4. The minimum Gasteiger partial charge on any atom is -0.546 e. The lowest BCUT2D eigenvalue weighted by atomic mass is 10.1. The fourth-order valence-electron chi connectivity index (χ4n) is 4.14. The van der Waals surface area contributed by atoms with Gasteiger partial charge in [0.1, 0.15) is 58.9 Å². The molecule has 4 unspecified atom stereocenters. The second-order valence-corrected chi connectivity index (χ2v) is 10.6. The van der Waals surface area contributed by atoms with Gasteiger partial charge in [-0.05, 0) is 64.1 Å². The fourth-order valence-corrected chi connectivity index (χ4v) is 4.14. The molecule has 262 valence electrons. The Hall–Kier alpha value is -6.65. The molecular formula is C33H27N3O14-4. The summed E-state index contributed by atoms with van der Waals surface area (Å²) >= 11 is 0. The van der Waals surface area contributed by atoms with Crippen LogP contribution in [0.2, 0.25) is 0 Å². The zero-order valence-corrected chi connectivity index (χ0v) is 26.6. The Labute approximate surface area is 283 Å². The standard InChI is InChI=1S/C33H31N3O14/c1-14(30(39)40)47-18-5-8-21(24(37)11-18)27-34-28(22-9-6-19(12-25(22)38)48-15(2)31(41)42)36-29(35-27)23-10-7-20(49-16(3)32(43)44)13-26(23)50-17(4)33(45)46/h5-17,37-38H,1-4H3,(H,39,40)(H,41,42)(H,43,44)(H,45,46)/p-4. The van der Waals surface area contributed by atoms with E-state index in [-0.39, 0.29) is 57.2 Å². The van der Waals surface area contributed by atoms with E-state index in [0.717, 1.165) is 12.1 Å². The van der Waals surface area contributed by atoms with Crippen molar-refractivity contribution < 1.29 is 68.8 Å². The number of rotatable bonds is 15. The summed E-state index contributed by atoms with van der Waals surface area (Å²) in [5.74, 6) is -8.02. The molecule has 2 N–H and O–H groups in total. The van der Waals surface area contributed by atoms with Crippen molar-refractivity contribution in [3.63, 3.8) is 0 Å². The van der Waals surface area contributed by atoms with Crippen LogP contribution in [-0.4, -0.2) is 73.5 Å². The third-order valence-corrected chi connectivity index (χ3v) is 6.82. The zero-order valence-electron chi connectivity index (χ0n) is 26.6. The quantitative estimate of drug-likeness (QED) is 0.141. The number of nitrogens with zero attached hydrogens (tertiary/aromatic N) is 3. The van der Waals surface area contributed by atoms with Gasteiger partial charge >= 0.3 is 0 Å². The van der Waals surface area contributed by atoms with Gasteiger partial charge in [-0.3, -0.25) is 0 Å². The molecule has 4 rings (SSSR count). The Balaban J connectivity index is 1.91. The SMILES string of the molecule is CC(Oc1ccc(-c2nc(-c3ccc(OC(C)C(=O)[O-])cc3O)nc(-c3ccc(OC(C)C(=O)[O-])cc3OC(C)C(=O)[O-])n2)c(O)c1)C(=O)[O-]. The molecule has 0 aliphatic heterocycles. The molecule has 0 aliphatic rings. The second kappa shape index (κ2) is 15.1. The van der Waals surface area contributed by atoms with Gasteiger partial charge in [0.2, 0.25) is 0 Å². The molecule has 50 heavy (non-hydrogen) atoms. The summed E-state index contributed by atoms with van der Waals surface area (Å²) in [5.41, 5.74) is -0.0429. The number of carbonyl (C=O) groups is 4. The van der Waals surface area contributed by atoms with E-state index in [0.29, 0.717) is 0 Å². The van der Waals surface area contributed by atoms with E-state index >= 15 is 0 Å². The number of carbonyl (C=O) groups excluding carboxylic acids is 4. The van der Waals surface area contributed by atoms with Gasteiger partial charge in [-0.2, -0.15) is 0 Å². The molecule has 1 aromatic heterocycles. The molecule has 4 aromatic rings. The Kier molecular flexibility index (Phi) is 10.9. The molecule has 0 aliphatic carbocycles. The van der Waals surface area contributed by atoms with Gasteiger partial charge in [0.15, 0.2) is 17.5 Å². The summed E-state index contributed by atoms with van der Waals surface area (Å²) in [6, 6.07) is 11.3. The first-order valence-corrected chi connectivity index (χ1v) is 14.6. The maximum absolute atomic E-state index is 11.6. The van der Waals surface area contributed by atoms with E-state index < -0.39 is 59.8 Å². The highest BCUT2D eigenvalue weighted by molar-refractivity contribution is 5.77. The third kappa shape index (κ3) is 8.62. The number of ether oxygens (including phenoxy) is 4. The molecule has 0 saturated heterocycles. The van der Waals surface area contributed by atoms with Crippen molar-refractivity contribution >= 4 is 23.9 Å². The van der Waals surface area contributed by atoms with Crippen LogP contribution in [0.3, 0.4) is 0 Å². The van der Waals surface area contributed by atoms with Crippen LogP contribution < -0.4 is 39.4 Å². The highest BCUT2D eigenvalue weighted by atomic mass is 16.5. The normalized spacial score (nSPS) is 13.3. The van der Waals surface area contributed by atoms with E-state index in [9.17, 15) is 49.8 Å². The molecule has 0 amide bonds. The first-order chi connectivity index (χ1) is 23.5. The molecule has 0 fully saturated rings. The molecule has 0 radical (unpaired) electrons. The van der Waals surface area contributed by atoms with Crippen LogP contribution in [-0.2, 0) is 19.2 Å². The predicted molar refractivity (Wildman–Crippen MR) is 160 cm³/mol. The summed E-state index contributed by atoms with van der Waals surface area (Å²) in [6.45, 7) is 4.83. The molecule has 17 nitrogen and oxygen atoms in total. The topological polar surface area (TPSA) is 277 Å². The van der Waals surface area contributed by atoms with Crippen molar-refractivity contribution in [3.8, 4) is 68.7 Å². The first-order valence-electron chi connectivity index (χ1n) is 14.6. The average Bonchev–Trinajstić information content (AvgIpc) is 3.04. The van der Waals surface area contributed by atoms with Crippen LogP contribution >= 0.6 is 0 Å². The van der Waals surface area contributed by atoms with Crippen molar-refractivity contribution in [2.24, 2.45) is 0 Å². The van der Waals surface area contributed by atoms with Crippen LogP contribution in [0.1, 0.15) is 27.7 Å². The number of carboxylic acids is 4. The maximum atomic E-state index is 11.6. The van der Waals surface area contributed by atoms with Gasteiger partial charge < -0.3 is 68.8 Å². The van der Waals surface area contributed by atoms with Gasteiger partial charge in [0, 0.05) is 18.2 Å². The van der Waals surface area contributed by atoms with Gasteiger partial charge in [-0.15, -0.1) is 0 Å². The lowest BCUT2D eigenvalue weighted by molar-refractivity contribution is -0.314. The van der Waals surface area contributed by atoms with Gasteiger partial charge in [-0.1, -0.05) is 0 Å². The van der Waals surface area contributed by atoms with Crippen LogP contribution in [0, 0.1) is 0 Å². The summed E-state index contributed by atoms with van der Waals surface area (Å²) in [4.78, 5) is 58.3. The summed E-state index contributed by atoms with van der Waals surface area (Å²) in [5, 5.41) is 66.9. The monoisotopic (exact) mass is 689 g/mol. The number of benzene rings is 3. The van der Waals surface area contributed by atoms with E-state index in [1.54, 1.807) is 0 Å².